The number of carbonyl (C=O) groups is 1. The van der Waals surface area contributed by atoms with Gasteiger partial charge in [-0.25, -0.2) is 13.9 Å². The number of amides is 1. The van der Waals surface area contributed by atoms with Crippen LogP contribution < -0.4 is 5.48 Å². The number of hydroxylamine groups is 1. The summed E-state index contributed by atoms with van der Waals surface area (Å²) in [7, 11) is -3.77. The SMILES string of the molecule is CC(CCn1ncc2cc(C#CC#CC3(CO)CC3)ccc21)(C(=O)NO)S(C)(=O)=O. The molecule has 1 aromatic carbocycles. The second-order valence-electron chi connectivity index (χ2n) is 7.77. The molecule has 1 heterocycles. The van der Waals surface area contributed by atoms with E-state index in [4.69, 9.17) is 5.21 Å². The van der Waals surface area contributed by atoms with E-state index in [1.807, 2.05) is 18.2 Å². The van der Waals surface area contributed by atoms with Gasteiger partial charge in [-0.1, -0.05) is 11.8 Å². The number of nitrogens with one attached hydrogen (secondary N) is 1. The van der Waals surface area contributed by atoms with E-state index in [-0.39, 0.29) is 25.0 Å². The van der Waals surface area contributed by atoms with Crippen molar-refractivity contribution in [2.75, 3.05) is 12.9 Å². The molecule has 9 heteroatoms. The van der Waals surface area contributed by atoms with Gasteiger partial charge in [0.2, 0.25) is 0 Å². The van der Waals surface area contributed by atoms with Crippen LogP contribution in [-0.2, 0) is 21.2 Å². The summed E-state index contributed by atoms with van der Waals surface area (Å²) in [5, 5.41) is 23.3. The van der Waals surface area contributed by atoms with E-state index in [1.54, 1.807) is 10.9 Å². The highest BCUT2D eigenvalue weighted by molar-refractivity contribution is 7.92. The second kappa shape index (κ2) is 8.11. The monoisotopic (exact) mass is 429 g/mol. The predicted octanol–water partition coefficient (Wildman–Crippen LogP) is 0.862. The maximum Gasteiger partial charge on any atom is 0.264 e. The average molecular weight is 429 g/mol. The van der Waals surface area contributed by atoms with Gasteiger partial charge in [-0.05, 0) is 56.2 Å². The molecule has 8 nitrogen and oxygen atoms in total. The van der Waals surface area contributed by atoms with Crippen LogP contribution >= 0.6 is 0 Å². The van der Waals surface area contributed by atoms with Gasteiger partial charge in [0.1, 0.15) is 0 Å². The van der Waals surface area contributed by atoms with Crippen molar-refractivity contribution >= 4 is 26.6 Å². The van der Waals surface area contributed by atoms with Crippen molar-refractivity contribution < 1.29 is 23.5 Å². The van der Waals surface area contributed by atoms with Gasteiger partial charge < -0.3 is 5.11 Å². The summed E-state index contributed by atoms with van der Waals surface area (Å²) in [5.41, 5.74) is 2.71. The number of carbonyl (C=O) groups excluding carboxylic acids is 1. The van der Waals surface area contributed by atoms with Gasteiger partial charge in [0.05, 0.1) is 23.7 Å². The van der Waals surface area contributed by atoms with Gasteiger partial charge in [0.15, 0.2) is 14.6 Å². The highest BCUT2D eigenvalue weighted by Gasteiger charge is 2.43. The van der Waals surface area contributed by atoms with Gasteiger partial charge in [-0.3, -0.25) is 14.7 Å². The number of benzene rings is 1. The third-order valence-electron chi connectivity index (χ3n) is 5.60. The van der Waals surface area contributed by atoms with E-state index in [9.17, 15) is 18.3 Å². The van der Waals surface area contributed by atoms with Crippen molar-refractivity contribution in [3.63, 3.8) is 0 Å². The Kier molecular flexibility index (Phi) is 5.91. The topological polar surface area (TPSA) is 122 Å². The average Bonchev–Trinajstić information content (AvgIpc) is 3.39. The Morgan fingerprint density at radius 2 is 2.10 bits per heavy atom. The number of nitrogens with zero attached hydrogens (tertiary/aromatic N) is 2. The number of rotatable bonds is 6. The summed E-state index contributed by atoms with van der Waals surface area (Å²) in [4.78, 5) is 11.9. The van der Waals surface area contributed by atoms with Gasteiger partial charge in [-0.2, -0.15) is 5.10 Å². The zero-order chi connectivity index (χ0) is 22.0. The number of hydrogen-bond donors (Lipinski definition) is 3. The minimum atomic E-state index is -3.77. The van der Waals surface area contributed by atoms with Crippen LogP contribution in [0.15, 0.2) is 24.4 Å². The number of hydrogen-bond acceptors (Lipinski definition) is 6. The maximum atomic E-state index is 12.1. The fraction of sp³-hybridized carbons (Fsp3) is 0.429. The first-order valence-electron chi connectivity index (χ1n) is 9.38. The summed E-state index contributed by atoms with van der Waals surface area (Å²) in [5.74, 6) is 10.6. The number of sulfone groups is 1. The molecule has 1 aromatic heterocycles. The molecule has 30 heavy (non-hydrogen) atoms. The smallest absolute Gasteiger partial charge is 0.264 e. The van der Waals surface area contributed by atoms with Crippen LogP contribution in [0.5, 0.6) is 0 Å². The predicted molar refractivity (Wildman–Crippen MR) is 111 cm³/mol. The molecule has 1 aliphatic rings. The van der Waals surface area contributed by atoms with Crippen molar-refractivity contribution in [3.8, 4) is 23.7 Å². The Labute approximate surface area is 175 Å². The Morgan fingerprint density at radius 3 is 2.70 bits per heavy atom. The molecule has 1 atom stereocenters. The van der Waals surface area contributed by atoms with Crippen molar-refractivity contribution in [3.05, 3.63) is 30.0 Å². The molecule has 2 aromatic rings. The highest BCUT2D eigenvalue weighted by atomic mass is 32.2. The normalized spacial score (nSPS) is 16.5. The molecule has 0 spiro atoms. The lowest BCUT2D eigenvalue weighted by Gasteiger charge is -2.25. The molecule has 0 radical (unpaired) electrons. The molecular formula is C21H23N3O5S. The van der Waals surface area contributed by atoms with Gasteiger partial charge in [0.25, 0.3) is 5.91 Å². The van der Waals surface area contributed by atoms with Crippen molar-refractivity contribution in [2.45, 2.75) is 37.5 Å². The molecule has 0 aliphatic heterocycles. The number of fused-ring (bicyclic) bond motifs is 1. The summed E-state index contributed by atoms with van der Waals surface area (Å²) in [6.45, 7) is 1.50. The number of aromatic nitrogens is 2. The fourth-order valence-electron chi connectivity index (χ4n) is 2.99. The molecule has 1 fully saturated rings. The van der Waals surface area contributed by atoms with Crippen LogP contribution in [0.1, 0.15) is 31.7 Å². The molecule has 3 rings (SSSR count). The van der Waals surface area contributed by atoms with Crippen LogP contribution in [0.3, 0.4) is 0 Å². The standard InChI is InChI=1S/C21H23N3O5S/c1-20(19(26)23-27,30(2,28)29)11-12-24-18-7-6-16(13-17(18)14-22-24)5-3-4-8-21(15-25)9-10-21/h6-7,13-14,25,27H,9-12,15H2,1-2H3,(H,23,26). The van der Waals surface area contributed by atoms with Gasteiger partial charge in [-0.15, -0.1) is 0 Å². The first-order valence-corrected chi connectivity index (χ1v) is 11.3. The first-order chi connectivity index (χ1) is 14.1. The Morgan fingerprint density at radius 1 is 1.37 bits per heavy atom. The van der Waals surface area contributed by atoms with E-state index in [0.717, 1.165) is 35.6 Å². The summed E-state index contributed by atoms with van der Waals surface area (Å²) < 4.78 is 24.0. The maximum absolute atomic E-state index is 12.1. The number of aliphatic hydroxyl groups excluding tert-OH is 1. The molecule has 0 saturated heterocycles. The van der Waals surface area contributed by atoms with E-state index in [1.165, 1.54) is 12.4 Å². The molecule has 1 saturated carbocycles. The molecule has 158 valence electrons. The third kappa shape index (κ3) is 4.34. The van der Waals surface area contributed by atoms with Crippen LogP contribution in [0.2, 0.25) is 0 Å². The first kappa shape index (κ1) is 21.8. The van der Waals surface area contributed by atoms with Crippen LogP contribution in [0, 0.1) is 29.1 Å². The molecule has 1 aliphatic carbocycles. The minimum absolute atomic E-state index is 0.0568. The van der Waals surface area contributed by atoms with Crippen molar-refractivity contribution in [1.82, 2.24) is 15.3 Å². The minimum Gasteiger partial charge on any atom is -0.395 e. The molecular weight excluding hydrogens is 406 g/mol. The van der Waals surface area contributed by atoms with Crippen LogP contribution in [-0.4, -0.2) is 52.0 Å². The lowest BCUT2D eigenvalue weighted by atomic mass is 10.1. The zero-order valence-corrected chi connectivity index (χ0v) is 17.6. The Balaban J connectivity index is 1.77. The van der Waals surface area contributed by atoms with E-state index >= 15 is 0 Å². The highest BCUT2D eigenvalue weighted by Crippen LogP contribution is 2.44. The number of aliphatic hydroxyl groups is 1. The quantitative estimate of drug-likeness (QED) is 0.356. The fourth-order valence-corrected chi connectivity index (χ4v) is 3.83. The summed E-state index contributed by atoms with van der Waals surface area (Å²) in [6.07, 6.45) is 4.35. The van der Waals surface area contributed by atoms with Crippen LogP contribution in [0.4, 0.5) is 0 Å². The summed E-state index contributed by atoms with van der Waals surface area (Å²) in [6, 6.07) is 5.48. The van der Waals surface area contributed by atoms with E-state index in [2.05, 4.69) is 28.8 Å². The number of aryl methyl sites for hydroxylation is 1. The molecule has 0 bridgehead atoms. The lowest BCUT2D eigenvalue weighted by molar-refractivity contribution is -0.131. The van der Waals surface area contributed by atoms with Crippen molar-refractivity contribution in [2.24, 2.45) is 5.41 Å². The largest absolute Gasteiger partial charge is 0.395 e. The molecule has 3 N–H and O–H groups in total. The van der Waals surface area contributed by atoms with E-state index in [0.29, 0.717) is 0 Å². The second-order valence-corrected chi connectivity index (χ2v) is 10.2. The molecule has 1 amide bonds. The summed E-state index contributed by atoms with van der Waals surface area (Å²) >= 11 is 0. The molecule has 1 unspecified atom stereocenters. The lowest BCUT2D eigenvalue weighted by Crippen LogP contribution is -2.49. The third-order valence-corrected chi connectivity index (χ3v) is 7.62. The van der Waals surface area contributed by atoms with Gasteiger partial charge in [0, 0.05) is 23.8 Å². The zero-order valence-electron chi connectivity index (χ0n) is 16.8. The Bertz CT molecular complexity index is 1210. The Hall–Kier alpha value is -2.85. The van der Waals surface area contributed by atoms with Gasteiger partial charge >= 0.3 is 0 Å². The van der Waals surface area contributed by atoms with Crippen LogP contribution in [0.25, 0.3) is 10.9 Å². The van der Waals surface area contributed by atoms with E-state index < -0.39 is 20.5 Å². The van der Waals surface area contributed by atoms with Crippen molar-refractivity contribution in [1.29, 1.82) is 0 Å².